The zero-order chi connectivity index (χ0) is 24.6. The zero-order valence-electron chi connectivity index (χ0n) is 22.7. The van der Waals surface area contributed by atoms with Gasteiger partial charge in [0.05, 0.1) is 11.3 Å². The van der Waals surface area contributed by atoms with E-state index in [0.717, 1.165) is 54.9 Å². The Bertz CT molecular complexity index is 729. The van der Waals surface area contributed by atoms with Gasteiger partial charge < -0.3 is 15.1 Å². The van der Waals surface area contributed by atoms with Gasteiger partial charge in [-0.25, -0.2) is 4.98 Å². The molecule has 4 nitrogen and oxygen atoms in total. The van der Waals surface area contributed by atoms with Crippen LogP contribution in [0.3, 0.4) is 0 Å². The molecule has 0 fully saturated rings. The molecule has 1 aliphatic heterocycles. The van der Waals surface area contributed by atoms with Crippen LogP contribution in [0.5, 0.6) is 5.75 Å². The fourth-order valence-corrected chi connectivity index (χ4v) is 5.34. The van der Waals surface area contributed by atoms with Gasteiger partial charge in [-0.15, -0.1) is 0 Å². The summed E-state index contributed by atoms with van der Waals surface area (Å²) in [5.41, 5.74) is 2.17. The van der Waals surface area contributed by atoms with Crippen LogP contribution >= 0.6 is 0 Å². The molecule has 33 heavy (non-hydrogen) atoms. The molecule has 0 saturated heterocycles. The van der Waals surface area contributed by atoms with Gasteiger partial charge in [0.25, 0.3) is 0 Å². The second kappa shape index (κ2) is 13.0. The molecule has 0 spiro atoms. The summed E-state index contributed by atoms with van der Waals surface area (Å²) < 4.78 is 0. The minimum absolute atomic E-state index is 0.326. The molecule has 0 saturated carbocycles. The number of aliphatic hydroxyl groups is 1. The van der Waals surface area contributed by atoms with E-state index in [-0.39, 0.29) is 0 Å². The summed E-state index contributed by atoms with van der Waals surface area (Å²) in [6.45, 7) is 14.2. The Morgan fingerprint density at radius 2 is 1.52 bits per heavy atom. The number of fused-ring (bicyclic) bond motifs is 1. The molecule has 2 N–H and O–H groups in total. The summed E-state index contributed by atoms with van der Waals surface area (Å²) in [6.07, 6.45) is 13.5. The van der Waals surface area contributed by atoms with E-state index in [4.69, 9.17) is 0 Å². The van der Waals surface area contributed by atoms with E-state index in [1.54, 1.807) is 0 Å². The highest BCUT2D eigenvalue weighted by Gasteiger charge is 2.27. The molecule has 1 aliphatic rings. The molecule has 0 aliphatic carbocycles. The molecular formula is C29H52N2O2. The van der Waals surface area contributed by atoms with Gasteiger partial charge >= 0.3 is 0 Å². The largest absolute Gasteiger partial charge is 0.506 e. The van der Waals surface area contributed by atoms with Crippen molar-refractivity contribution >= 4 is 5.82 Å². The zero-order valence-corrected chi connectivity index (χ0v) is 22.7. The van der Waals surface area contributed by atoms with Crippen LogP contribution in [0.2, 0.25) is 0 Å². The van der Waals surface area contributed by atoms with Crippen LogP contribution in [-0.4, -0.2) is 34.4 Å². The van der Waals surface area contributed by atoms with Gasteiger partial charge in [0, 0.05) is 24.7 Å². The topological polar surface area (TPSA) is 56.6 Å². The van der Waals surface area contributed by atoms with E-state index < -0.39 is 5.60 Å². The van der Waals surface area contributed by atoms with E-state index in [9.17, 15) is 10.2 Å². The van der Waals surface area contributed by atoms with Crippen LogP contribution in [-0.2, 0) is 12.8 Å². The highest BCUT2D eigenvalue weighted by Crippen LogP contribution is 2.37. The molecule has 2 heterocycles. The quantitative estimate of drug-likeness (QED) is 0.290. The summed E-state index contributed by atoms with van der Waals surface area (Å²) in [4.78, 5) is 6.74. The van der Waals surface area contributed by atoms with Crippen molar-refractivity contribution in [3.05, 3.63) is 16.8 Å². The molecule has 1 unspecified atom stereocenters. The maximum atomic E-state index is 11.0. The Kier molecular flexibility index (Phi) is 11.0. The summed E-state index contributed by atoms with van der Waals surface area (Å²) in [7, 11) is 2.06. The number of anilines is 1. The summed E-state index contributed by atoms with van der Waals surface area (Å²) in [5, 5.41) is 21.6. The van der Waals surface area contributed by atoms with E-state index in [2.05, 4.69) is 44.6 Å². The Labute approximate surface area is 204 Å². The normalized spacial score (nSPS) is 17.3. The second-order valence-electron chi connectivity index (χ2n) is 11.9. The number of aryl methyl sites for hydroxylation is 1. The van der Waals surface area contributed by atoms with Gasteiger partial charge in [0.15, 0.2) is 0 Å². The van der Waals surface area contributed by atoms with Gasteiger partial charge in [0.1, 0.15) is 11.6 Å². The lowest BCUT2D eigenvalue weighted by Crippen LogP contribution is -2.25. The van der Waals surface area contributed by atoms with Crippen molar-refractivity contribution < 1.29 is 10.2 Å². The minimum atomic E-state index is -0.689. The van der Waals surface area contributed by atoms with Crippen LogP contribution in [0.15, 0.2) is 0 Å². The number of aromatic hydroxyl groups is 1. The second-order valence-corrected chi connectivity index (χ2v) is 11.9. The number of hydrogen-bond donors (Lipinski definition) is 2. The number of hydrogen-bond acceptors (Lipinski definition) is 4. The van der Waals surface area contributed by atoms with Crippen LogP contribution in [0.4, 0.5) is 5.82 Å². The lowest BCUT2D eigenvalue weighted by Gasteiger charge is -2.25. The molecule has 0 radical (unpaired) electrons. The molecule has 1 aromatic rings. The standard InChI is InChI=1S/C29H52N2O2/c1-21(2)11-8-12-22(3)13-9-14-23(4)15-10-18-29(6,33)19-16-25-26-17-20-31(7)28(26)30-24(5)27(25)32/h21-23,32-33H,8-20H2,1-7H3/t22-,23-,29?/m1/s1. The first-order chi connectivity index (χ1) is 15.5. The maximum Gasteiger partial charge on any atom is 0.140 e. The van der Waals surface area contributed by atoms with Gasteiger partial charge in [-0.1, -0.05) is 79.1 Å². The Hall–Kier alpha value is -1.29. The third kappa shape index (κ3) is 9.11. The predicted molar refractivity (Wildman–Crippen MR) is 141 cm³/mol. The van der Waals surface area contributed by atoms with Crippen molar-refractivity contribution in [2.75, 3.05) is 18.5 Å². The Morgan fingerprint density at radius 3 is 2.12 bits per heavy atom. The van der Waals surface area contributed by atoms with Crippen molar-refractivity contribution in [2.45, 2.75) is 124 Å². The maximum absolute atomic E-state index is 11.0. The smallest absolute Gasteiger partial charge is 0.140 e. The predicted octanol–water partition coefficient (Wildman–Crippen LogP) is 7.21. The molecule has 1 aromatic heterocycles. The Morgan fingerprint density at radius 1 is 0.939 bits per heavy atom. The van der Waals surface area contributed by atoms with E-state index >= 15 is 0 Å². The summed E-state index contributed by atoms with van der Waals surface area (Å²) in [6, 6.07) is 0. The number of rotatable bonds is 15. The van der Waals surface area contributed by atoms with E-state index in [0.29, 0.717) is 24.3 Å². The molecule has 2 rings (SSSR count). The van der Waals surface area contributed by atoms with Gasteiger partial charge in [-0.05, 0) is 57.3 Å². The van der Waals surface area contributed by atoms with Crippen molar-refractivity contribution in [1.29, 1.82) is 0 Å². The van der Waals surface area contributed by atoms with Crippen molar-refractivity contribution in [3.63, 3.8) is 0 Å². The number of pyridine rings is 1. The molecule has 0 aromatic carbocycles. The highest BCUT2D eigenvalue weighted by molar-refractivity contribution is 5.60. The Balaban J connectivity index is 1.70. The van der Waals surface area contributed by atoms with Crippen LogP contribution in [0.1, 0.15) is 116 Å². The fourth-order valence-electron chi connectivity index (χ4n) is 5.34. The van der Waals surface area contributed by atoms with Crippen LogP contribution < -0.4 is 4.90 Å². The van der Waals surface area contributed by atoms with Crippen molar-refractivity contribution in [1.82, 2.24) is 4.98 Å². The fraction of sp³-hybridized carbons (Fsp3) is 0.828. The first-order valence-corrected chi connectivity index (χ1v) is 13.6. The summed E-state index contributed by atoms with van der Waals surface area (Å²) >= 11 is 0. The van der Waals surface area contributed by atoms with Crippen LogP contribution in [0.25, 0.3) is 0 Å². The SMILES string of the molecule is Cc1nc2c(c(CCC(C)(O)CCC[C@H](C)CCC[C@H](C)CCCC(C)C)c1O)CCN2C. The minimum Gasteiger partial charge on any atom is -0.506 e. The first kappa shape index (κ1) is 28.0. The molecule has 3 atom stereocenters. The number of nitrogens with zero attached hydrogens (tertiary/aromatic N) is 2. The lowest BCUT2D eigenvalue weighted by molar-refractivity contribution is 0.0385. The highest BCUT2D eigenvalue weighted by atomic mass is 16.3. The third-order valence-electron chi connectivity index (χ3n) is 7.79. The van der Waals surface area contributed by atoms with Crippen molar-refractivity contribution in [2.24, 2.45) is 17.8 Å². The average molecular weight is 461 g/mol. The molecule has 0 bridgehead atoms. The molecule has 4 heteroatoms. The molecule has 190 valence electrons. The summed E-state index contributed by atoms with van der Waals surface area (Å²) in [5.74, 6) is 3.74. The lowest BCUT2D eigenvalue weighted by atomic mass is 9.87. The number of likely N-dealkylation sites (N-methyl/N-ethyl adjacent to an activating group) is 1. The van der Waals surface area contributed by atoms with Crippen molar-refractivity contribution in [3.8, 4) is 5.75 Å². The van der Waals surface area contributed by atoms with Gasteiger partial charge in [0.2, 0.25) is 0 Å². The van der Waals surface area contributed by atoms with Crippen LogP contribution in [0, 0.1) is 24.7 Å². The average Bonchev–Trinajstić information content (AvgIpc) is 3.08. The third-order valence-corrected chi connectivity index (χ3v) is 7.79. The first-order valence-electron chi connectivity index (χ1n) is 13.6. The number of aromatic nitrogens is 1. The van der Waals surface area contributed by atoms with E-state index in [1.165, 1.54) is 50.5 Å². The van der Waals surface area contributed by atoms with Gasteiger partial charge in [-0.2, -0.15) is 0 Å². The molecular weight excluding hydrogens is 408 g/mol. The van der Waals surface area contributed by atoms with E-state index in [1.807, 2.05) is 13.8 Å². The molecule has 0 amide bonds. The van der Waals surface area contributed by atoms with Gasteiger partial charge in [-0.3, -0.25) is 0 Å². The monoisotopic (exact) mass is 460 g/mol.